The van der Waals surface area contributed by atoms with Crippen LogP contribution in [-0.4, -0.2) is 49.0 Å². The van der Waals surface area contributed by atoms with Gasteiger partial charge in [-0.2, -0.15) is 11.8 Å². The molecule has 1 aliphatic heterocycles. The van der Waals surface area contributed by atoms with Gasteiger partial charge in [0.05, 0.1) is 0 Å². The Balaban J connectivity index is 1.97. The predicted molar refractivity (Wildman–Crippen MR) is 61.7 cm³/mol. The van der Waals surface area contributed by atoms with Crippen LogP contribution in [0.25, 0.3) is 0 Å². The van der Waals surface area contributed by atoms with Gasteiger partial charge in [-0.25, -0.2) is 0 Å². The first-order chi connectivity index (χ1) is 6.84. The minimum absolute atomic E-state index is 0.319. The van der Waals surface area contributed by atoms with E-state index >= 15 is 0 Å². The number of thioether (sulfide) groups is 1. The zero-order valence-electron chi connectivity index (χ0n) is 8.92. The molecule has 0 saturated carbocycles. The van der Waals surface area contributed by atoms with Gasteiger partial charge in [0.15, 0.2) is 0 Å². The number of nitrogens with zero attached hydrogens (tertiary/aromatic N) is 1. The van der Waals surface area contributed by atoms with Gasteiger partial charge < -0.3 is 10.2 Å². The molecule has 0 atom stereocenters. The first kappa shape index (κ1) is 11.9. The second-order valence-electron chi connectivity index (χ2n) is 3.58. The molecule has 1 fully saturated rings. The van der Waals surface area contributed by atoms with Crippen molar-refractivity contribution in [1.82, 2.24) is 10.2 Å². The lowest BCUT2D eigenvalue weighted by molar-refractivity contribution is -0.130. The minimum Gasteiger partial charge on any atom is -0.343 e. The van der Waals surface area contributed by atoms with Gasteiger partial charge >= 0.3 is 0 Å². The summed E-state index contributed by atoms with van der Waals surface area (Å²) >= 11 is 1.83. The first-order valence-corrected chi connectivity index (χ1v) is 6.71. The van der Waals surface area contributed by atoms with E-state index in [1.54, 1.807) is 0 Å². The van der Waals surface area contributed by atoms with Crippen molar-refractivity contribution in [1.29, 1.82) is 0 Å². The molecule has 14 heavy (non-hydrogen) atoms. The first-order valence-electron chi connectivity index (χ1n) is 5.32. The van der Waals surface area contributed by atoms with Crippen LogP contribution in [0, 0.1) is 0 Å². The topological polar surface area (TPSA) is 32.3 Å². The number of likely N-dealkylation sites (tertiary alicyclic amines) is 1. The van der Waals surface area contributed by atoms with E-state index in [4.69, 9.17) is 0 Å². The summed E-state index contributed by atoms with van der Waals surface area (Å²) in [5, 5.41) is 3.27. The van der Waals surface area contributed by atoms with Crippen LogP contribution in [0.2, 0.25) is 0 Å². The number of carbonyl (C=O) groups is 1. The Hall–Kier alpha value is -0.220. The second-order valence-corrected chi connectivity index (χ2v) is 4.57. The van der Waals surface area contributed by atoms with E-state index < -0.39 is 0 Å². The van der Waals surface area contributed by atoms with E-state index in [-0.39, 0.29) is 0 Å². The van der Waals surface area contributed by atoms with Crippen LogP contribution in [0.4, 0.5) is 0 Å². The molecule has 82 valence electrons. The number of hydrogen-bond donors (Lipinski definition) is 1. The molecule has 1 aliphatic rings. The zero-order chi connectivity index (χ0) is 10.2. The molecule has 4 heteroatoms. The summed E-state index contributed by atoms with van der Waals surface area (Å²) in [7, 11) is 0. The Labute approximate surface area is 90.6 Å². The molecule has 1 N–H and O–H groups in total. The molecule has 0 bridgehead atoms. The quantitative estimate of drug-likeness (QED) is 0.671. The van der Waals surface area contributed by atoms with Crippen molar-refractivity contribution < 1.29 is 4.79 Å². The fraction of sp³-hybridized carbons (Fsp3) is 0.900. The molecular formula is C10H20N2OS. The van der Waals surface area contributed by atoms with E-state index in [1.165, 1.54) is 12.8 Å². The summed E-state index contributed by atoms with van der Waals surface area (Å²) in [6, 6.07) is 0. The highest BCUT2D eigenvalue weighted by atomic mass is 32.2. The summed E-state index contributed by atoms with van der Waals surface area (Å²) in [4.78, 5) is 13.5. The minimum atomic E-state index is 0.319. The maximum Gasteiger partial charge on any atom is 0.223 e. The lowest BCUT2D eigenvalue weighted by Gasteiger charge is -2.14. The Kier molecular flexibility index (Phi) is 6.03. The van der Waals surface area contributed by atoms with Crippen molar-refractivity contribution in [2.24, 2.45) is 0 Å². The van der Waals surface area contributed by atoms with Crippen molar-refractivity contribution in [2.45, 2.75) is 19.3 Å². The van der Waals surface area contributed by atoms with Gasteiger partial charge in [-0.3, -0.25) is 4.79 Å². The number of nitrogens with one attached hydrogen (secondary N) is 1. The summed E-state index contributed by atoms with van der Waals surface area (Å²) in [5.74, 6) is 1.44. The molecule has 0 aromatic rings. The molecule has 0 aromatic heterocycles. The fourth-order valence-electron chi connectivity index (χ4n) is 1.62. The van der Waals surface area contributed by atoms with Crippen LogP contribution < -0.4 is 5.32 Å². The standard InChI is InChI=1S/C10H20N2OS/c1-14-9-6-11-5-4-10(13)12-7-2-3-8-12/h11H,2-9H2,1H3. The van der Waals surface area contributed by atoms with Crippen molar-refractivity contribution in [3.8, 4) is 0 Å². The molecule has 1 saturated heterocycles. The maximum absolute atomic E-state index is 11.6. The summed E-state index contributed by atoms with van der Waals surface area (Å²) < 4.78 is 0. The molecule has 3 nitrogen and oxygen atoms in total. The van der Waals surface area contributed by atoms with Gasteiger partial charge in [0.25, 0.3) is 0 Å². The third-order valence-electron chi connectivity index (χ3n) is 2.46. The molecular weight excluding hydrogens is 196 g/mol. The van der Waals surface area contributed by atoms with E-state index in [0.29, 0.717) is 12.3 Å². The van der Waals surface area contributed by atoms with Crippen LogP contribution in [-0.2, 0) is 4.79 Å². The van der Waals surface area contributed by atoms with Crippen molar-refractivity contribution in [3.05, 3.63) is 0 Å². The molecule has 0 radical (unpaired) electrons. The maximum atomic E-state index is 11.6. The van der Waals surface area contributed by atoms with E-state index in [2.05, 4.69) is 11.6 Å². The van der Waals surface area contributed by atoms with E-state index in [9.17, 15) is 4.79 Å². The molecule has 0 aliphatic carbocycles. The highest BCUT2D eigenvalue weighted by molar-refractivity contribution is 7.98. The second kappa shape index (κ2) is 7.12. The van der Waals surface area contributed by atoms with E-state index in [0.717, 1.165) is 31.9 Å². The van der Waals surface area contributed by atoms with Crippen LogP contribution in [0.15, 0.2) is 0 Å². The average Bonchev–Trinajstić information content (AvgIpc) is 2.70. The molecule has 0 aromatic carbocycles. The van der Waals surface area contributed by atoms with Crippen LogP contribution >= 0.6 is 11.8 Å². The van der Waals surface area contributed by atoms with Gasteiger partial charge in [0.2, 0.25) is 5.91 Å². The van der Waals surface area contributed by atoms with Crippen molar-refractivity contribution in [2.75, 3.05) is 38.2 Å². The zero-order valence-corrected chi connectivity index (χ0v) is 9.74. The largest absolute Gasteiger partial charge is 0.343 e. The molecule has 1 amide bonds. The fourth-order valence-corrected chi connectivity index (χ4v) is 1.97. The number of amides is 1. The third kappa shape index (κ3) is 4.33. The Morgan fingerprint density at radius 3 is 2.71 bits per heavy atom. The van der Waals surface area contributed by atoms with Crippen LogP contribution in [0.1, 0.15) is 19.3 Å². The Bertz CT molecular complexity index is 170. The predicted octanol–water partition coefficient (Wildman–Crippen LogP) is 0.952. The number of carbonyl (C=O) groups excluding carboxylic acids is 1. The number of hydrogen-bond acceptors (Lipinski definition) is 3. The summed E-state index contributed by atoms with van der Waals surface area (Å²) in [5.41, 5.74) is 0. The Morgan fingerprint density at radius 1 is 1.36 bits per heavy atom. The van der Waals surface area contributed by atoms with Crippen molar-refractivity contribution in [3.63, 3.8) is 0 Å². The lowest BCUT2D eigenvalue weighted by atomic mass is 10.3. The highest BCUT2D eigenvalue weighted by Gasteiger charge is 2.16. The summed E-state index contributed by atoms with van der Waals surface area (Å²) in [6.45, 7) is 3.79. The summed E-state index contributed by atoms with van der Waals surface area (Å²) in [6.07, 6.45) is 5.13. The van der Waals surface area contributed by atoms with E-state index in [1.807, 2.05) is 16.7 Å². The van der Waals surface area contributed by atoms with Crippen LogP contribution in [0.3, 0.4) is 0 Å². The van der Waals surface area contributed by atoms with Gasteiger partial charge in [0, 0.05) is 38.4 Å². The normalized spacial score (nSPS) is 16.2. The van der Waals surface area contributed by atoms with Gasteiger partial charge in [-0.05, 0) is 19.1 Å². The molecule has 0 unspecified atom stereocenters. The smallest absolute Gasteiger partial charge is 0.223 e. The monoisotopic (exact) mass is 216 g/mol. The molecule has 1 heterocycles. The Morgan fingerprint density at radius 2 is 2.07 bits per heavy atom. The van der Waals surface area contributed by atoms with Crippen LogP contribution in [0.5, 0.6) is 0 Å². The van der Waals surface area contributed by atoms with Gasteiger partial charge in [-0.1, -0.05) is 0 Å². The lowest BCUT2D eigenvalue weighted by Crippen LogP contribution is -2.31. The highest BCUT2D eigenvalue weighted by Crippen LogP contribution is 2.08. The third-order valence-corrected chi connectivity index (χ3v) is 3.07. The van der Waals surface area contributed by atoms with Crippen molar-refractivity contribution >= 4 is 17.7 Å². The van der Waals surface area contributed by atoms with Gasteiger partial charge in [-0.15, -0.1) is 0 Å². The average molecular weight is 216 g/mol. The number of rotatable bonds is 6. The van der Waals surface area contributed by atoms with Gasteiger partial charge in [0.1, 0.15) is 0 Å². The molecule has 0 spiro atoms. The molecule has 1 rings (SSSR count). The SMILES string of the molecule is CSCCNCCC(=O)N1CCCC1.